The molecule has 2 saturated heterocycles. The van der Waals surface area contributed by atoms with Crippen molar-refractivity contribution >= 4 is 5.91 Å². The van der Waals surface area contributed by atoms with Gasteiger partial charge in [-0.1, -0.05) is 18.2 Å². The smallest absolute Gasteiger partial charge is 0.254 e. The molecule has 0 radical (unpaired) electrons. The molecule has 0 saturated carbocycles. The Kier molecular flexibility index (Phi) is 6.33. The molecule has 26 heavy (non-hydrogen) atoms. The first-order chi connectivity index (χ1) is 12.5. The second-order valence-corrected chi connectivity index (χ2v) is 7.92. The van der Waals surface area contributed by atoms with Crippen molar-refractivity contribution < 1.29 is 14.3 Å². The second kappa shape index (κ2) is 8.51. The summed E-state index contributed by atoms with van der Waals surface area (Å²) in [6.07, 6.45) is 2.30. The monoisotopic (exact) mass is 360 g/mol. The number of likely N-dealkylation sites (tertiary alicyclic amines) is 1. The van der Waals surface area contributed by atoms with Gasteiger partial charge in [-0.05, 0) is 45.7 Å². The van der Waals surface area contributed by atoms with Gasteiger partial charge >= 0.3 is 0 Å². The van der Waals surface area contributed by atoms with Gasteiger partial charge in [0.2, 0.25) is 0 Å². The number of piperidine rings is 1. The second-order valence-electron chi connectivity index (χ2n) is 7.92. The molecule has 1 amide bonds. The number of carbonyl (C=O) groups excluding carboxylic acids is 1. The fourth-order valence-corrected chi connectivity index (χ4v) is 4.02. The minimum absolute atomic E-state index is 0.0761. The lowest BCUT2D eigenvalue weighted by molar-refractivity contribution is -0.162. The summed E-state index contributed by atoms with van der Waals surface area (Å²) < 4.78 is 12.0. The number of amides is 1. The Labute approximate surface area is 157 Å². The highest BCUT2D eigenvalue weighted by Gasteiger charge is 2.43. The Hall–Kier alpha value is -1.43. The third-order valence-corrected chi connectivity index (χ3v) is 5.34. The number of morpholine rings is 1. The normalized spacial score (nSPS) is 23.5. The number of hydrogen-bond acceptors (Lipinski definition) is 4. The van der Waals surface area contributed by atoms with Gasteiger partial charge in [0, 0.05) is 31.7 Å². The van der Waals surface area contributed by atoms with Crippen LogP contribution in [0.15, 0.2) is 30.3 Å². The lowest BCUT2D eigenvalue weighted by Gasteiger charge is -2.49. The molecule has 1 spiro atoms. The molecule has 2 aliphatic heterocycles. The van der Waals surface area contributed by atoms with Crippen LogP contribution in [0.1, 0.15) is 44.0 Å². The zero-order valence-corrected chi connectivity index (χ0v) is 16.3. The van der Waals surface area contributed by atoms with Crippen LogP contribution < -0.4 is 0 Å². The fourth-order valence-electron chi connectivity index (χ4n) is 4.02. The summed E-state index contributed by atoms with van der Waals surface area (Å²) in [5, 5.41) is 0. The summed E-state index contributed by atoms with van der Waals surface area (Å²) in [5.74, 6) is 0.118. The number of benzene rings is 1. The van der Waals surface area contributed by atoms with Crippen LogP contribution in [0, 0.1) is 0 Å². The van der Waals surface area contributed by atoms with Crippen molar-refractivity contribution in [2.45, 2.75) is 51.4 Å². The lowest BCUT2D eigenvalue weighted by Crippen LogP contribution is -2.60. The van der Waals surface area contributed by atoms with E-state index in [9.17, 15) is 4.79 Å². The molecule has 0 N–H and O–H groups in total. The van der Waals surface area contributed by atoms with Gasteiger partial charge in [-0.15, -0.1) is 0 Å². The van der Waals surface area contributed by atoms with Gasteiger partial charge in [-0.3, -0.25) is 4.79 Å². The molecule has 1 atom stereocenters. The molecule has 3 rings (SSSR count). The van der Waals surface area contributed by atoms with Crippen LogP contribution in [0.25, 0.3) is 0 Å². The third kappa shape index (κ3) is 4.84. The van der Waals surface area contributed by atoms with E-state index in [4.69, 9.17) is 9.47 Å². The van der Waals surface area contributed by atoms with Crippen LogP contribution >= 0.6 is 0 Å². The largest absolute Gasteiger partial charge is 0.377 e. The molecule has 0 aliphatic carbocycles. The summed E-state index contributed by atoms with van der Waals surface area (Å²) >= 11 is 0. The predicted octanol–water partition coefficient (Wildman–Crippen LogP) is 2.81. The number of carbonyl (C=O) groups is 1. The van der Waals surface area contributed by atoms with E-state index in [2.05, 4.69) is 25.7 Å². The molecule has 5 nitrogen and oxygen atoms in total. The highest BCUT2D eigenvalue weighted by Crippen LogP contribution is 2.32. The third-order valence-electron chi connectivity index (χ3n) is 5.34. The standard InChI is InChI=1S/C21H32N2O3/c1-17(2)25-14-13-22-11-9-21(10-12-22)16-23(15-18(3)26-21)20(24)19-7-5-4-6-8-19/h4-8,17-18H,9-16H2,1-3H3. The summed E-state index contributed by atoms with van der Waals surface area (Å²) in [4.78, 5) is 17.3. The van der Waals surface area contributed by atoms with E-state index in [1.807, 2.05) is 35.2 Å². The van der Waals surface area contributed by atoms with Crippen LogP contribution in [0.2, 0.25) is 0 Å². The van der Waals surface area contributed by atoms with E-state index < -0.39 is 0 Å². The van der Waals surface area contributed by atoms with Crippen LogP contribution in [0.4, 0.5) is 0 Å². The molecule has 1 aromatic rings. The van der Waals surface area contributed by atoms with E-state index >= 15 is 0 Å². The zero-order chi connectivity index (χ0) is 18.6. The first-order valence-corrected chi connectivity index (χ1v) is 9.83. The van der Waals surface area contributed by atoms with Crippen molar-refractivity contribution in [3.05, 3.63) is 35.9 Å². The van der Waals surface area contributed by atoms with Crippen molar-refractivity contribution in [3.8, 4) is 0 Å². The fraction of sp³-hybridized carbons (Fsp3) is 0.667. The Morgan fingerprint density at radius 2 is 1.96 bits per heavy atom. The average Bonchev–Trinajstić information content (AvgIpc) is 2.63. The van der Waals surface area contributed by atoms with Gasteiger partial charge < -0.3 is 19.3 Å². The first kappa shape index (κ1) is 19.3. The molecule has 144 valence electrons. The van der Waals surface area contributed by atoms with Gasteiger partial charge in [0.05, 0.1) is 31.0 Å². The topological polar surface area (TPSA) is 42.0 Å². The van der Waals surface area contributed by atoms with Crippen LogP contribution in [-0.2, 0) is 9.47 Å². The molecule has 0 bridgehead atoms. The molecule has 1 unspecified atom stereocenters. The minimum Gasteiger partial charge on any atom is -0.377 e. The zero-order valence-electron chi connectivity index (χ0n) is 16.3. The maximum atomic E-state index is 12.9. The van der Waals surface area contributed by atoms with Crippen molar-refractivity contribution in [3.63, 3.8) is 0 Å². The van der Waals surface area contributed by atoms with Gasteiger partial charge in [-0.2, -0.15) is 0 Å². The molecule has 0 aromatic heterocycles. The minimum atomic E-state index is -0.197. The van der Waals surface area contributed by atoms with E-state index in [-0.39, 0.29) is 23.7 Å². The van der Waals surface area contributed by atoms with Crippen molar-refractivity contribution in [1.82, 2.24) is 9.80 Å². The van der Waals surface area contributed by atoms with E-state index in [1.54, 1.807) is 0 Å². The molecule has 5 heteroatoms. The summed E-state index contributed by atoms with van der Waals surface area (Å²) in [6.45, 7) is 11.3. The molecular formula is C21H32N2O3. The van der Waals surface area contributed by atoms with Crippen molar-refractivity contribution in [2.75, 3.05) is 39.3 Å². The van der Waals surface area contributed by atoms with Gasteiger partial charge in [0.1, 0.15) is 0 Å². The van der Waals surface area contributed by atoms with Gasteiger partial charge in [0.25, 0.3) is 5.91 Å². The Morgan fingerprint density at radius 1 is 1.27 bits per heavy atom. The summed E-state index contributed by atoms with van der Waals surface area (Å²) in [7, 11) is 0. The Morgan fingerprint density at radius 3 is 2.62 bits per heavy atom. The molecule has 2 fully saturated rings. The number of hydrogen-bond donors (Lipinski definition) is 0. The first-order valence-electron chi connectivity index (χ1n) is 9.83. The quantitative estimate of drug-likeness (QED) is 0.810. The number of nitrogens with zero attached hydrogens (tertiary/aromatic N) is 2. The Balaban J connectivity index is 1.57. The summed E-state index contributed by atoms with van der Waals surface area (Å²) in [5.41, 5.74) is 0.567. The van der Waals surface area contributed by atoms with Crippen molar-refractivity contribution in [1.29, 1.82) is 0 Å². The van der Waals surface area contributed by atoms with E-state index in [1.165, 1.54) is 0 Å². The maximum Gasteiger partial charge on any atom is 0.254 e. The summed E-state index contributed by atoms with van der Waals surface area (Å²) in [6, 6.07) is 9.58. The predicted molar refractivity (Wildman–Crippen MR) is 102 cm³/mol. The van der Waals surface area contributed by atoms with E-state index in [0.717, 1.165) is 44.6 Å². The van der Waals surface area contributed by atoms with Crippen LogP contribution in [0.5, 0.6) is 0 Å². The lowest BCUT2D eigenvalue weighted by atomic mass is 9.88. The number of rotatable bonds is 5. The Bertz CT molecular complexity index is 582. The van der Waals surface area contributed by atoms with Gasteiger partial charge in [-0.25, -0.2) is 0 Å². The SMILES string of the molecule is CC(C)OCCN1CCC2(CC1)CN(C(=O)c1ccccc1)CC(C)O2. The average molecular weight is 360 g/mol. The van der Waals surface area contributed by atoms with E-state index in [0.29, 0.717) is 13.1 Å². The number of ether oxygens (including phenoxy) is 2. The molecule has 1 aromatic carbocycles. The molecule has 2 aliphatic rings. The van der Waals surface area contributed by atoms with Crippen LogP contribution in [-0.4, -0.2) is 72.8 Å². The van der Waals surface area contributed by atoms with Crippen LogP contribution in [0.3, 0.4) is 0 Å². The van der Waals surface area contributed by atoms with Gasteiger partial charge in [0.15, 0.2) is 0 Å². The highest BCUT2D eigenvalue weighted by atomic mass is 16.5. The molecular weight excluding hydrogens is 328 g/mol. The maximum absolute atomic E-state index is 12.9. The molecule has 2 heterocycles. The highest BCUT2D eigenvalue weighted by molar-refractivity contribution is 5.94. The van der Waals surface area contributed by atoms with Crippen molar-refractivity contribution in [2.24, 2.45) is 0 Å².